The molecular weight excluding hydrogens is 278 g/mol. The highest BCUT2D eigenvalue weighted by Gasteiger charge is 2.23. The molecule has 0 saturated heterocycles. The first-order valence-electron chi connectivity index (χ1n) is 7.74. The van der Waals surface area contributed by atoms with E-state index in [1.807, 2.05) is 41.7 Å². The van der Waals surface area contributed by atoms with E-state index in [-0.39, 0.29) is 24.4 Å². The summed E-state index contributed by atoms with van der Waals surface area (Å²) >= 11 is 0. The van der Waals surface area contributed by atoms with Gasteiger partial charge in [0.25, 0.3) is 11.8 Å². The average molecular weight is 306 g/mol. The molecule has 0 radical (unpaired) electrons. The molecule has 5 heteroatoms. The highest BCUT2D eigenvalue weighted by atomic mass is 16.2. The van der Waals surface area contributed by atoms with E-state index in [1.54, 1.807) is 0 Å². The summed E-state index contributed by atoms with van der Waals surface area (Å²) in [4.78, 5) is 24.9. The molecule has 0 bridgehead atoms. The molecule has 1 aromatic rings. The van der Waals surface area contributed by atoms with Crippen molar-refractivity contribution < 1.29 is 14.5 Å². The van der Waals surface area contributed by atoms with Crippen LogP contribution in [0.1, 0.15) is 30.5 Å². The second-order valence-corrected chi connectivity index (χ2v) is 5.96. The maximum absolute atomic E-state index is 12.2. The Kier molecular flexibility index (Phi) is 6.56. The number of carbonyl (C=O) groups is 2. The summed E-state index contributed by atoms with van der Waals surface area (Å²) < 4.78 is 0. The van der Waals surface area contributed by atoms with Crippen molar-refractivity contribution in [2.45, 2.75) is 40.7 Å². The standard InChI is InChI=1S/C17H27N3O2/c1-7-18-17(22)14(5)20(6)10-15(21)19-16-12(3)8-11(2)9-13(16)4/h8-9,14H,7,10H2,1-6H3,(H,18,22)(H,19,21)/p+1/t14-/m0/s1. The van der Waals surface area contributed by atoms with Crippen LogP contribution in [0.15, 0.2) is 12.1 Å². The van der Waals surface area contributed by atoms with Crippen LogP contribution < -0.4 is 15.5 Å². The molecule has 0 saturated carbocycles. The number of nitrogens with one attached hydrogen (secondary N) is 3. The predicted octanol–water partition coefficient (Wildman–Crippen LogP) is 0.590. The zero-order chi connectivity index (χ0) is 16.9. The molecular formula is C17H28N3O2+. The van der Waals surface area contributed by atoms with Crippen molar-refractivity contribution in [3.63, 3.8) is 0 Å². The van der Waals surface area contributed by atoms with Gasteiger partial charge in [0.1, 0.15) is 0 Å². The highest BCUT2D eigenvalue weighted by Crippen LogP contribution is 2.21. The Morgan fingerprint density at radius 1 is 1.18 bits per heavy atom. The van der Waals surface area contributed by atoms with Gasteiger partial charge < -0.3 is 15.5 Å². The molecule has 2 amide bonds. The van der Waals surface area contributed by atoms with E-state index >= 15 is 0 Å². The monoisotopic (exact) mass is 306 g/mol. The SMILES string of the molecule is CCNC(=O)[C@H](C)[NH+](C)CC(=O)Nc1c(C)cc(C)cc1C. The summed E-state index contributed by atoms with van der Waals surface area (Å²) in [6.07, 6.45) is 0. The zero-order valence-corrected chi connectivity index (χ0v) is 14.5. The van der Waals surface area contributed by atoms with Crippen LogP contribution in [-0.2, 0) is 9.59 Å². The Labute approximate surface area is 133 Å². The van der Waals surface area contributed by atoms with E-state index in [9.17, 15) is 9.59 Å². The number of hydrogen-bond donors (Lipinski definition) is 3. The Morgan fingerprint density at radius 2 is 1.73 bits per heavy atom. The predicted molar refractivity (Wildman–Crippen MR) is 89.2 cm³/mol. The van der Waals surface area contributed by atoms with Gasteiger partial charge >= 0.3 is 0 Å². The molecule has 0 aliphatic rings. The van der Waals surface area contributed by atoms with Gasteiger partial charge in [-0.25, -0.2) is 0 Å². The molecule has 0 fully saturated rings. The van der Waals surface area contributed by atoms with Crippen LogP contribution in [0.2, 0.25) is 0 Å². The van der Waals surface area contributed by atoms with E-state index in [4.69, 9.17) is 0 Å². The third-order valence-corrected chi connectivity index (χ3v) is 3.86. The lowest BCUT2D eigenvalue weighted by Gasteiger charge is -2.21. The van der Waals surface area contributed by atoms with E-state index in [0.29, 0.717) is 6.54 Å². The van der Waals surface area contributed by atoms with Gasteiger partial charge in [-0.1, -0.05) is 17.7 Å². The Morgan fingerprint density at radius 3 is 2.23 bits per heavy atom. The minimum atomic E-state index is -0.258. The second-order valence-electron chi connectivity index (χ2n) is 5.96. The molecule has 122 valence electrons. The molecule has 3 N–H and O–H groups in total. The van der Waals surface area contributed by atoms with Gasteiger partial charge in [0, 0.05) is 12.2 Å². The summed E-state index contributed by atoms with van der Waals surface area (Å²) in [5.41, 5.74) is 4.16. The molecule has 0 aromatic heterocycles. The van der Waals surface area contributed by atoms with Crippen LogP contribution in [0.4, 0.5) is 5.69 Å². The first kappa shape index (κ1) is 18.2. The minimum absolute atomic E-state index is 0.0319. The smallest absolute Gasteiger partial charge is 0.279 e. The molecule has 2 atom stereocenters. The fourth-order valence-electron chi connectivity index (χ4n) is 2.52. The fraction of sp³-hybridized carbons (Fsp3) is 0.529. The summed E-state index contributed by atoms with van der Waals surface area (Å²) in [6.45, 7) is 10.6. The summed E-state index contributed by atoms with van der Waals surface area (Å²) in [7, 11) is 1.86. The van der Waals surface area contributed by atoms with E-state index in [1.165, 1.54) is 5.56 Å². The van der Waals surface area contributed by atoms with Crippen LogP contribution in [0.3, 0.4) is 0 Å². The molecule has 1 unspecified atom stereocenters. The number of aryl methyl sites for hydroxylation is 3. The van der Waals surface area contributed by atoms with Gasteiger partial charge in [-0.3, -0.25) is 9.59 Å². The highest BCUT2D eigenvalue weighted by molar-refractivity contribution is 5.93. The molecule has 0 spiro atoms. The van der Waals surface area contributed by atoms with Crippen molar-refractivity contribution in [1.82, 2.24) is 5.32 Å². The third-order valence-electron chi connectivity index (χ3n) is 3.86. The quantitative estimate of drug-likeness (QED) is 0.720. The van der Waals surface area contributed by atoms with Crippen molar-refractivity contribution in [2.75, 3.05) is 25.5 Å². The number of quaternary nitrogens is 1. The number of rotatable bonds is 6. The van der Waals surface area contributed by atoms with Gasteiger partial charge in [0.2, 0.25) is 0 Å². The summed E-state index contributed by atoms with van der Waals surface area (Å²) in [6, 6.07) is 3.85. The largest absolute Gasteiger partial charge is 0.351 e. The van der Waals surface area contributed by atoms with Crippen LogP contribution in [0.5, 0.6) is 0 Å². The van der Waals surface area contributed by atoms with Crippen molar-refractivity contribution >= 4 is 17.5 Å². The third kappa shape index (κ3) is 4.84. The maximum Gasteiger partial charge on any atom is 0.279 e. The van der Waals surface area contributed by atoms with Crippen molar-refractivity contribution in [3.8, 4) is 0 Å². The number of amides is 2. The minimum Gasteiger partial charge on any atom is -0.351 e. The summed E-state index contributed by atoms with van der Waals surface area (Å²) in [5.74, 6) is -0.112. The lowest BCUT2D eigenvalue weighted by Crippen LogP contribution is -3.15. The number of benzene rings is 1. The Bertz CT molecular complexity index is 532. The van der Waals surface area contributed by atoms with Crippen LogP contribution >= 0.6 is 0 Å². The first-order chi connectivity index (χ1) is 10.3. The topological polar surface area (TPSA) is 62.6 Å². The Balaban J connectivity index is 2.69. The van der Waals surface area contributed by atoms with Gasteiger partial charge in [-0.05, 0) is 45.7 Å². The van der Waals surface area contributed by atoms with Gasteiger partial charge in [0.05, 0.1) is 7.05 Å². The van der Waals surface area contributed by atoms with Crippen LogP contribution in [0.25, 0.3) is 0 Å². The molecule has 1 aromatic carbocycles. The number of anilines is 1. The molecule has 0 aliphatic carbocycles. The Hall–Kier alpha value is -1.88. The lowest BCUT2D eigenvalue weighted by molar-refractivity contribution is -0.885. The van der Waals surface area contributed by atoms with Gasteiger partial charge in [-0.2, -0.15) is 0 Å². The fourth-order valence-corrected chi connectivity index (χ4v) is 2.52. The van der Waals surface area contributed by atoms with Gasteiger partial charge in [0.15, 0.2) is 12.6 Å². The lowest BCUT2D eigenvalue weighted by atomic mass is 10.1. The average Bonchev–Trinajstić information content (AvgIpc) is 2.42. The van der Waals surface area contributed by atoms with Crippen molar-refractivity contribution in [3.05, 3.63) is 28.8 Å². The molecule has 22 heavy (non-hydrogen) atoms. The van der Waals surface area contributed by atoms with Crippen LogP contribution in [-0.4, -0.2) is 38.0 Å². The van der Waals surface area contributed by atoms with Crippen molar-refractivity contribution in [2.24, 2.45) is 0 Å². The number of hydrogen-bond acceptors (Lipinski definition) is 2. The van der Waals surface area contributed by atoms with Gasteiger partial charge in [-0.15, -0.1) is 0 Å². The van der Waals surface area contributed by atoms with E-state index in [2.05, 4.69) is 22.8 Å². The number of carbonyl (C=O) groups excluding carboxylic acids is 2. The normalized spacial score (nSPS) is 13.4. The van der Waals surface area contributed by atoms with E-state index < -0.39 is 0 Å². The first-order valence-corrected chi connectivity index (χ1v) is 7.74. The summed E-state index contributed by atoms with van der Waals surface area (Å²) in [5, 5.41) is 5.75. The molecule has 1 rings (SSSR count). The molecule has 0 aliphatic heterocycles. The van der Waals surface area contributed by atoms with Crippen LogP contribution in [0, 0.1) is 20.8 Å². The van der Waals surface area contributed by atoms with E-state index in [0.717, 1.165) is 21.7 Å². The number of likely N-dealkylation sites (N-methyl/N-ethyl adjacent to an activating group) is 2. The van der Waals surface area contributed by atoms with Crippen molar-refractivity contribution in [1.29, 1.82) is 0 Å². The second kappa shape index (κ2) is 7.94. The zero-order valence-electron chi connectivity index (χ0n) is 14.5. The molecule has 0 heterocycles. The molecule has 5 nitrogen and oxygen atoms in total. The maximum atomic E-state index is 12.2.